The minimum absolute atomic E-state index is 0.115. The molecule has 0 aliphatic heterocycles. The van der Waals surface area contributed by atoms with Gasteiger partial charge >= 0.3 is 0 Å². The average Bonchev–Trinajstić information content (AvgIpc) is 2.46. The maximum Gasteiger partial charge on any atom is 0.226 e. The Hall–Kier alpha value is -2.17. The van der Waals surface area contributed by atoms with Crippen molar-refractivity contribution in [2.75, 3.05) is 11.9 Å². The Bertz CT molecular complexity index is 504. The lowest BCUT2D eigenvalue weighted by Gasteiger charge is -2.14. The maximum absolute atomic E-state index is 5.48. The average molecular weight is 258 g/mol. The Morgan fingerprint density at radius 2 is 2.00 bits per heavy atom. The van der Waals surface area contributed by atoms with Crippen LogP contribution < -0.4 is 10.1 Å². The van der Waals surface area contributed by atoms with E-state index in [0.29, 0.717) is 18.4 Å². The third-order valence-electron chi connectivity index (χ3n) is 2.64. The van der Waals surface area contributed by atoms with Gasteiger partial charge in [0.15, 0.2) is 0 Å². The molecule has 0 saturated carbocycles. The number of nitrogens with zero attached hydrogens (tertiary/aromatic N) is 3. The van der Waals surface area contributed by atoms with Crippen LogP contribution in [0, 0.1) is 0 Å². The van der Waals surface area contributed by atoms with Crippen LogP contribution in [-0.4, -0.2) is 21.6 Å². The number of hydrogen-bond donors (Lipinski definition) is 1. The lowest BCUT2D eigenvalue weighted by atomic mass is 10.1. The molecule has 0 aliphatic carbocycles. The molecule has 0 bridgehead atoms. The quantitative estimate of drug-likeness (QED) is 0.863. The van der Waals surface area contributed by atoms with Crippen molar-refractivity contribution in [1.82, 2.24) is 15.0 Å². The van der Waals surface area contributed by atoms with Crippen LogP contribution in [0.3, 0.4) is 0 Å². The molecular weight excluding hydrogens is 240 g/mol. The Labute approximate surface area is 113 Å². The summed E-state index contributed by atoms with van der Waals surface area (Å²) in [6.45, 7) is 4.78. The normalized spacial score (nSPS) is 11.9. The smallest absolute Gasteiger partial charge is 0.226 e. The van der Waals surface area contributed by atoms with E-state index >= 15 is 0 Å². The number of anilines is 1. The van der Waals surface area contributed by atoms with Gasteiger partial charge in [-0.25, -0.2) is 4.98 Å². The van der Waals surface area contributed by atoms with Gasteiger partial charge in [0.1, 0.15) is 0 Å². The van der Waals surface area contributed by atoms with Crippen LogP contribution in [0.2, 0.25) is 0 Å². The summed E-state index contributed by atoms with van der Waals surface area (Å²) in [4.78, 5) is 12.5. The van der Waals surface area contributed by atoms with E-state index in [1.165, 1.54) is 0 Å². The van der Waals surface area contributed by atoms with Crippen molar-refractivity contribution >= 4 is 5.95 Å². The molecule has 0 amide bonds. The van der Waals surface area contributed by atoms with E-state index in [1.54, 1.807) is 24.7 Å². The molecule has 0 aromatic carbocycles. The number of aromatic nitrogens is 3. The fourth-order valence-corrected chi connectivity index (χ4v) is 1.63. The second kappa shape index (κ2) is 6.68. The highest BCUT2D eigenvalue weighted by molar-refractivity contribution is 5.32. The number of hydrogen-bond acceptors (Lipinski definition) is 5. The molecule has 19 heavy (non-hydrogen) atoms. The zero-order chi connectivity index (χ0) is 13.5. The Morgan fingerprint density at radius 3 is 2.74 bits per heavy atom. The third kappa shape index (κ3) is 3.91. The molecule has 1 unspecified atom stereocenters. The minimum atomic E-state index is 0.115. The number of nitrogens with one attached hydrogen (secondary N) is 1. The zero-order valence-electron chi connectivity index (χ0n) is 11.2. The van der Waals surface area contributed by atoms with Crippen LogP contribution in [0.25, 0.3) is 0 Å². The largest absolute Gasteiger partial charge is 0.478 e. The Morgan fingerprint density at radius 1 is 1.21 bits per heavy atom. The molecule has 5 heteroatoms. The van der Waals surface area contributed by atoms with Gasteiger partial charge in [0.25, 0.3) is 0 Å². The van der Waals surface area contributed by atoms with Gasteiger partial charge in [-0.15, -0.1) is 0 Å². The number of ether oxygens (including phenoxy) is 1. The van der Waals surface area contributed by atoms with Crippen molar-refractivity contribution in [3.8, 4) is 5.88 Å². The first kappa shape index (κ1) is 13.3. The highest BCUT2D eigenvalue weighted by Crippen LogP contribution is 2.17. The van der Waals surface area contributed by atoms with Gasteiger partial charge < -0.3 is 10.1 Å². The summed E-state index contributed by atoms with van der Waals surface area (Å²) in [5.74, 6) is 1.17. The van der Waals surface area contributed by atoms with Crippen LogP contribution >= 0.6 is 0 Å². The second-order valence-corrected chi connectivity index (χ2v) is 4.21. The SMILES string of the molecule is CCCOc1ccnc(NC(C)c2ccncc2)n1. The van der Waals surface area contributed by atoms with Gasteiger partial charge in [-0.05, 0) is 31.0 Å². The standard InChI is InChI=1S/C14H18N4O/c1-3-10-19-13-6-9-16-14(18-13)17-11(2)12-4-7-15-8-5-12/h4-9,11H,3,10H2,1-2H3,(H,16,17,18). The molecule has 0 spiro atoms. The van der Waals surface area contributed by atoms with Crippen molar-refractivity contribution in [2.24, 2.45) is 0 Å². The van der Waals surface area contributed by atoms with Crippen molar-refractivity contribution in [3.05, 3.63) is 42.4 Å². The van der Waals surface area contributed by atoms with Crippen molar-refractivity contribution in [3.63, 3.8) is 0 Å². The van der Waals surface area contributed by atoms with Crippen molar-refractivity contribution in [2.45, 2.75) is 26.3 Å². The van der Waals surface area contributed by atoms with Crippen LogP contribution in [0.15, 0.2) is 36.8 Å². The van der Waals surface area contributed by atoms with Gasteiger partial charge in [0, 0.05) is 24.7 Å². The Balaban J connectivity index is 2.02. The first-order valence-corrected chi connectivity index (χ1v) is 6.42. The molecule has 1 N–H and O–H groups in total. The van der Waals surface area contributed by atoms with Gasteiger partial charge in [0.2, 0.25) is 11.8 Å². The van der Waals surface area contributed by atoms with Crippen LogP contribution in [0.1, 0.15) is 31.9 Å². The third-order valence-corrected chi connectivity index (χ3v) is 2.64. The predicted molar refractivity (Wildman–Crippen MR) is 74.1 cm³/mol. The molecular formula is C14H18N4O. The summed E-state index contributed by atoms with van der Waals surface area (Å²) in [5.41, 5.74) is 1.14. The summed E-state index contributed by atoms with van der Waals surface area (Å²) in [5, 5.41) is 3.24. The lowest BCUT2D eigenvalue weighted by Crippen LogP contribution is -2.10. The molecule has 2 heterocycles. The topological polar surface area (TPSA) is 59.9 Å². The van der Waals surface area contributed by atoms with Gasteiger partial charge in [-0.2, -0.15) is 4.98 Å². The first-order chi connectivity index (χ1) is 9.29. The molecule has 0 radical (unpaired) electrons. The summed E-state index contributed by atoms with van der Waals surface area (Å²) >= 11 is 0. The molecule has 0 aliphatic rings. The summed E-state index contributed by atoms with van der Waals surface area (Å²) in [7, 11) is 0. The number of rotatable bonds is 6. The van der Waals surface area contributed by atoms with Crippen LogP contribution in [-0.2, 0) is 0 Å². The van der Waals surface area contributed by atoms with E-state index in [2.05, 4.69) is 34.1 Å². The second-order valence-electron chi connectivity index (χ2n) is 4.21. The monoisotopic (exact) mass is 258 g/mol. The summed E-state index contributed by atoms with van der Waals surface area (Å²) in [6.07, 6.45) is 6.20. The molecule has 1 atom stereocenters. The number of pyridine rings is 1. The van der Waals surface area contributed by atoms with E-state index in [9.17, 15) is 0 Å². The van der Waals surface area contributed by atoms with E-state index in [1.807, 2.05) is 12.1 Å². The lowest BCUT2D eigenvalue weighted by molar-refractivity contribution is 0.305. The van der Waals surface area contributed by atoms with E-state index < -0.39 is 0 Å². The van der Waals surface area contributed by atoms with Crippen molar-refractivity contribution in [1.29, 1.82) is 0 Å². The molecule has 5 nitrogen and oxygen atoms in total. The summed E-state index contributed by atoms with van der Waals surface area (Å²) < 4.78 is 5.48. The van der Waals surface area contributed by atoms with E-state index in [-0.39, 0.29) is 6.04 Å². The zero-order valence-corrected chi connectivity index (χ0v) is 11.2. The highest BCUT2D eigenvalue weighted by atomic mass is 16.5. The predicted octanol–water partition coefficient (Wildman–Crippen LogP) is 2.83. The van der Waals surface area contributed by atoms with E-state index in [4.69, 9.17) is 4.74 Å². The van der Waals surface area contributed by atoms with Crippen molar-refractivity contribution < 1.29 is 4.74 Å². The molecule has 0 fully saturated rings. The Kier molecular flexibility index (Phi) is 4.66. The fourth-order valence-electron chi connectivity index (χ4n) is 1.63. The van der Waals surface area contributed by atoms with Gasteiger partial charge in [-0.3, -0.25) is 4.98 Å². The summed E-state index contributed by atoms with van der Waals surface area (Å²) in [6, 6.07) is 5.81. The highest BCUT2D eigenvalue weighted by Gasteiger charge is 2.07. The maximum atomic E-state index is 5.48. The van der Waals surface area contributed by atoms with Gasteiger partial charge in [0.05, 0.1) is 12.6 Å². The molecule has 2 aromatic rings. The molecule has 0 saturated heterocycles. The van der Waals surface area contributed by atoms with Gasteiger partial charge in [-0.1, -0.05) is 6.92 Å². The minimum Gasteiger partial charge on any atom is -0.478 e. The fraction of sp³-hybridized carbons (Fsp3) is 0.357. The van der Waals surface area contributed by atoms with Crippen LogP contribution in [0.5, 0.6) is 5.88 Å². The molecule has 2 aromatic heterocycles. The van der Waals surface area contributed by atoms with Crippen LogP contribution in [0.4, 0.5) is 5.95 Å². The molecule has 100 valence electrons. The molecule has 2 rings (SSSR count). The van der Waals surface area contributed by atoms with E-state index in [0.717, 1.165) is 12.0 Å². The first-order valence-electron chi connectivity index (χ1n) is 6.42.